The Bertz CT molecular complexity index is 731. The first kappa shape index (κ1) is 22.6. The number of benzene rings is 1. The van der Waals surface area contributed by atoms with E-state index in [2.05, 4.69) is 22.0 Å². The largest absolute Gasteiger partial charge is 0.408 e. The molecule has 2 saturated heterocycles. The maximum absolute atomic E-state index is 12.7. The molecule has 166 valence electrons. The molecule has 1 aromatic rings. The highest BCUT2D eigenvalue weighted by atomic mass is 19.4. The summed E-state index contributed by atoms with van der Waals surface area (Å²) in [5, 5.41) is 4.57. The third kappa shape index (κ3) is 5.95. The van der Waals surface area contributed by atoms with Crippen molar-refractivity contribution in [1.82, 2.24) is 20.4 Å². The van der Waals surface area contributed by atoms with Crippen LogP contribution in [-0.2, 0) is 22.7 Å². The van der Waals surface area contributed by atoms with Gasteiger partial charge < -0.3 is 15.5 Å². The van der Waals surface area contributed by atoms with Crippen LogP contribution in [0.2, 0.25) is 0 Å². The summed E-state index contributed by atoms with van der Waals surface area (Å²) in [7, 11) is 0. The van der Waals surface area contributed by atoms with E-state index in [-0.39, 0.29) is 19.4 Å². The molecular weight excluding hydrogens is 397 g/mol. The van der Waals surface area contributed by atoms with Crippen molar-refractivity contribution in [3.63, 3.8) is 0 Å². The second kappa shape index (κ2) is 9.78. The Kier molecular flexibility index (Phi) is 7.36. The maximum Gasteiger partial charge on any atom is 0.408 e. The van der Waals surface area contributed by atoms with Crippen LogP contribution in [0.1, 0.15) is 30.9 Å². The van der Waals surface area contributed by atoms with Gasteiger partial charge in [-0.2, -0.15) is 13.2 Å². The number of alkyl halides is 3. The lowest BCUT2D eigenvalue weighted by molar-refractivity contribution is -0.171. The zero-order chi connectivity index (χ0) is 21.7. The average Bonchev–Trinajstić information content (AvgIpc) is 2.73. The molecule has 0 saturated carbocycles. The Morgan fingerprint density at radius 1 is 1.07 bits per heavy atom. The van der Waals surface area contributed by atoms with E-state index >= 15 is 0 Å². The highest BCUT2D eigenvalue weighted by molar-refractivity contribution is 6.00. The van der Waals surface area contributed by atoms with Gasteiger partial charge in [0.1, 0.15) is 12.0 Å². The molecule has 2 N–H and O–H groups in total. The van der Waals surface area contributed by atoms with Gasteiger partial charge in [-0.3, -0.25) is 14.5 Å². The molecule has 2 heterocycles. The predicted molar refractivity (Wildman–Crippen MR) is 106 cm³/mol. The summed E-state index contributed by atoms with van der Waals surface area (Å²) >= 11 is 0. The summed E-state index contributed by atoms with van der Waals surface area (Å²) in [4.78, 5) is 29.0. The fourth-order valence-electron chi connectivity index (χ4n) is 3.90. The van der Waals surface area contributed by atoms with Crippen molar-refractivity contribution in [1.29, 1.82) is 0 Å². The van der Waals surface area contributed by atoms with Gasteiger partial charge in [-0.25, -0.2) is 0 Å². The molecule has 0 bridgehead atoms. The van der Waals surface area contributed by atoms with Crippen molar-refractivity contribution < 1.29 is 22.8 Å². The van der Waals surface area contributed by atoms with Gasteiger partial charge >= 0.3 is 6.18 Å². The van der Waals surface area contributed by atoms with Crippen molar-refractivity contribution in [2.24, 2.45) is 5.92 Å². The van der Waals surface area contributed by atoms with E-state index in [1.54, 1.807) is 0 Å². The van der Waals surface area contributed by atoms with Crippen LogP contribution in [0.25, 0.3) is 0 Å². The predicted octanol–water partition coefficient (Wildman–Crippen LogP) is 1.90. The summed E-state index contributed by atoms with van der Waals surface area (Å²) in [6.45, 7) is 8.63. The second-order valence-corrected chi connectivity index (χ2v) is 7.98. The SMILES string of the molecule is CCN1CCN(Cc2ccc(CNC(=O)C3CCC(C(F)(F)F)NC3=O)cc2)CC1. The normalized spacial score (nSPS) is 23.8. The van der Waals surface area contributed by atoms with Gasteiger partial charge in [0.2, 0.25) is 11.8 Å². The number of piperidine rings is 1. The molecule has 2 fully saturated rings. The molecule has 1 aromatic carbocycles. The smallest absolute Gasteiger partial charge is 0.351 e. The topological polar surface area (TPSA) is 64.7 Å². The molecule has 2 aliphatic heterocycles. The second-order valence-electron chi connectivity index (χ2n) is 7.98. The molecule has 2 atom stereocenters. The third-order valence-corrected chi connectivity index (χ3v) is 5.90. The lowest BCUT2D eigenvalue weighted by Gasteiger charge is -2.34. The number of carbonyl (C=O) groups is 2. The molecule has 2 unspecified atom stereocenters. The quantitative estimate of drug-likeness (QED) is 0.682. The van der Waals surface area contributed by atoms with E-state index < -0.39 is 30.0 Å². The highest BCUT2D eigenvalue weighted by Gasteiger charge is 2.45. The van der Waals surface area contributed by atoms with Gasteiger partial charge in [0.15, 0.2) is 0 Å². The molecule has 3 rings (SSSR count). The molecular formula is C21H29F3N4O2. The number of hydrogen-bond donors (Lipinski definition) is 2. The van der Waals surface area contributed by atoms with Gasteiger partial charge in [-0.15, -0.1) is 0 Å². The fourth-order valence-corrected chi connectivity index (χ4v) is 3.90. The zero-order valence-electron chi connectivity index (χ0n) is 17.2. The number of halogens is 3. The number of amides is 2. The van der Waals surface area contributed by atoms with Crippen LogP contribution < -0.4 is 10.6 Å². The number of nitrogens with zero attached hydrogens (tertiary/aromatic N) is 2. The summed E-state index contributed by atoms with van der Waals surface area (Å²) in [6, 6.07) is 6.03. The molecule has 0 aromatic heterocycles. The Hall–Kier alpha value is -2.13. The summed E-state index contributed by atoms with van der Waals surface area (Å²) in [6.07, 6.45) is -4.87. The van der Waals surface area contributed by atoms with Gasteiger partial charge in [-0.1, -0.05) is 31.2 Å². The van der Waals surface area contributed by atoms with E-state index in [1.807, 2.05) is 29.6 Å². The monoisotopic (exact) mass is 426 g/mol. The number of hydrogen-bond acceptors (Lipinski definition) is 4. The van der Waals surface area contributed by atoms with Crippen molar-refractivity contribution in [3.05, 3.63) is 35.4 Å². The minimum Gasteiger partial charge on any atom is -0.351 e. The Morgan fingerprint density at radius 3 is 2.23 bits per heavy atom. The number of likely N-dealkylation sites (N-methyl/N-ethyl adjacent to an activating group) is 1. The van der Waals surface area contributed by atoms with Crippen LogP contribution in [0, 0.1) is 5.92 Å². The van der Waals surface area contributed by atoms with Gasteiger partial charge in [0.05, 0.1) is 0 Å². The number of rotatable bonds is 6. The minimum atomic E-state index is -4.48. The highest BCUT2D eigenvalue weighted by Crippen LogP contribution is 2.28. The minimum absolute atomic E-state index is 0.105. The van der Waals surface area contributed by atoms with E-state index in [1.165, 1.54) is 5.56 Å². The molecule has 30 heavy (non-hydrogen) atoms. The molecule has 2 aliphatic rings. The average molecular weight is 426 g/mol. The van der Waals surface area contributed by atoms with Crippen LogP contribution in [-0.4, -0.2) is 66.6 Å². The first-order valence-corrected chi connectivity index (χ1v) is 10.4. The van der Waals surface area contributed by atoms with Gasteiger partial charge in [0.25, 0.3) is 0 Å². The van der Waals surface area contributed by atoms with E-state index in [9.17, 15) is 22.8 Å². The molecule has 0 aliphatic carbocycles. The van der Waals surface area contributed by atoms with Crippen molar-refractivity contribution in [3.8, 4) is 0 Å². The summed E-state index contributed by atoms with van der Waals surface area (Å²) in [5.74, 6) is -2.48. The molecule has 0 spiro atoms. The first-order valence-electron chi connectivity index (χ1n) is 10.4. The van der Waals surface area contributed by atoms with E-state index in [4.69, 9.17) is 0 Å². The van der Waals surface area contributed by atoms with Crippen LogP contribution >= 0.6 is 0 Å². The Labute approximate surface area is 174 Å². The number of carbonyl (C=O) groups excluding carboxylic acids is 2. The fraction of sp³-hybridized carbons (Fsp3) is 0.619. The number of nitrogens with one attached hydrogen (secondary N) is 2. The Morgan fingerprint density at radius 2 is 1.67 bits per heavy atom. The van der Waals surface area contributed by atoms with E-state index in [0.29, 0.717) is 0 Å². The van der Waals surface area contributed by atoms with Crippen molar-refractivity contribution >= 4 is 11.8 Å². The summed E-state index contributed by atoms with van der Waals surface area (Å²) < 4.78 is 38.1. The molecule has 9 heteroatoms. The molecule has 2 amide bonds. The zero-order valence-corrected chi connectivity index (χ0v) is 17.2. The van der Waals surface area contributed by atoms with Gasteiger partial charge in [-0.05, 0) is 30.5 Å². The Balaban J connectivity index is 1.44. The molecule has 6 nitrogen and oxygen atoms in total. The van der Waals surface area contributed by atoms with Crippen molar-refractivity contribution in [2.75, 3.05) is 32.7 Å². The maximum atomic E-state index is 12.7. The third-order valence-electron chi connectivity index (χ3n) is 5.90. The lowest BCUT2D eigenvalue weighted by atomic mass is 9.92. The van der Waals surface area contributed by atoms with Crippen molar-refractivity contribution in [2.45, 2.75) is 45.1 Å². The standard InChI is InChI=1S/C21H29F3N4O2/c1-2-27-9-11-28(12-10-27)14-16-5-3-15(4-6-16)13-25-19(29)17-7-8-18(21(22,23)24)26-20(17)30/h3-6,17-18H,2,7-14H2,1H3,(H,25,29)(H,26,30). The summed E-state index contributed by atoms with van der Waals surface area (Å²) in [5.41, 5.74) is 2.08. The van der Waals surface area contributed by atoms with Crippen LogP contribution in [0.15, 0.2) is 24.3 Å². The lowest BCUT2D eigenvalue weighted by Crippen LogP contribution is -2.54. The van der Waals surface area contributed by atoms with E-state index in [0.717, 1.165) is 44.8 Å². The first-order chi connectivity index (χ1) is 14.3. The van der Waals surface area contributed by atoms with Crippen LogP contribution in [0.5, 0.6) is 0 Å². The van der Waals surface area contributed by atoms with Gasteiger partial charge in [0, 0.05) is 39.3 Å². The van der Waals surface area contributed by atoms with Crippen LogP contribution in [0.3, 0.4) is 0 Å². The van der Waals surface area contributed by atoms with Crippen LogP contribution in [0.4, 0.5) is 13.2 Å². The number of piperazine rings is 1. The molecule has 0 radical (unpaired) electrons.